The number of esters is 1. The molecule has 1 N–H and O–H groups in total. The highest BCUT2D eigenvalue weighted by Gasteiger charge is 2.39. The van der Waals surface area contributed by atoms with Gasteiger partial charge in [0.2, 0.25) is 11.2 Å². The molecule has 12 heteroatoms. The average Bonchev–Trinajstić information content (AvgIpc) is 2.81. The molecule has 1 aliphatic rings. The third-order valence-corrected chi connectivity index (χ3v) is 5.26. The van der Waals surface area contributed by atoms with Gasteiger partial charge in [0.25, 0.3) is 0 Å². The molecule has 2 heterocycles. The van der Waals surface area contributed by atoms with Gasteiger partial charge in [0.1, 0.15) is 36.2 Å². The van der Waals surface area contributed by atoms with Crippen LogP contribution in [0.1, 0.15) is 33.5 Å². The van der Waals surface area contributed by atoms with Gasteiger partial charge < -0.3 is 28.7 Å². The van der Waals surface area contributed by atoms with Crippen molar-refractivity contribution < 1.29 is 46.1 Å². The van der Waals surface area contributed by atoms with Crippen molar-refractivity contribution in [2.75, 3.05) is 13.2 Å². The first-order valence-electron chi connectivity index (χ1n) is 11.5. The molecule has 0 spiro atoms. The van der Waals surface area contributed by atoms with Gasteiger partial charge in [-0.1, -0.05) is 6.07 Å². The van der Waals surface area contributed by atoms with E-state index in [1.807, 2.05) is 0 Å². The van der Waals surface area contributed by atoms with Gasteiger partial charge in [0, 0.05) is 6.07 Å². The molecule has 2 aromatic carbocycles. The molecule has 9 nitrogen and oxygen atoms in total. The number of alkyl halides is 3. The standard InChI is InChI=1S/C26H24F3NO8/c1-13(30-24(33)38-25(2,3)4)23(32)36-15-6-7-16-18(12-15)37-22(26(27,28)29)20(21(16)31)14-5-8-17-19(11-14)35-10-9-34-17/h5-8,11-13H,9-10H2,1-4H3,(H,30,33)/t13-/m1/s1. The maximum atomic E-state index is 14.0. The Morgan fingerprint density at radius 1 is 1.00 bits per heavy atom. The van der Waals surface area contributed by atoms with Crippen LogP contribution >= 0.6 is 0 Å². The maximum Gasteiger partial charge on any atom is 0.450 e. The summed E-state index contributed by atoms with van der Waals surface area (Å²) in [5, 5.41) is 2.14. The number of hydrogen-bond donors (Lipinski definition) is 1. The highest BCUT2D eigenvalue weighted by atomic mass is 19.4. The van der Waals surface area contributed by atoms with E-state index in [0.29, 0.717) is 12.4 Å². The third-order valence-electron chi connectivity index (χ3n) is 5.26. The average molecular weight is 535 g/mol. The summed E-state index contributed by atoms with van der Waals surface area (Å²) in [4.78, 5) is 37.5. The summed E-state index contributed by atoms with van der Waals surface area (Å²) in [6, 6.07) is 6.30. The van der Waals surface area contributed by atoms with Crippen LogP contribution < -0.4 is 25.0 Å². The van der Waals surface area contributed by atoms with E-state index in [-0.39, 0.29) is 29.1 Å². The second-order valence-corrected chi connectivity index (χ2v) is 9.44. The third kappa shape index (κ3) is 5.84. The van der Waals surface area contributed by atoms with Gasteiger partial charge >= 0.3 is 18.2 Å². The lowest BCUT2D eigenvalue weighted by atomic mass is 10.0. The number of carbonyl (C=O) groups is 2. The zero-order chi connectivity index (χ0) is 27.8. The first kappa shape index (κ1) is 26.8. The first-order chi connectivity index (χ1) is 17.7. The summed E-state index contributed by atoms with van der Waals surface area (Å²) in [6.07, 6.45) is -5.87. The van der Waals surface area contributed by atoms with Crippen molar-refractivity contribution in [2.24, 2.45) is 0 Å². The summed E-state index contributed by atoms with van der Waals surface area (Å²) in [7, 11) is 0. The first-order valence-corrected chi connectivity index (χ1v) is 11.5. The Labute approximate surface area is 214 Å². The fourth-order valence-corrected chi connectivity index (χ4v) is 3.65. The number of amides is 1. The molecule has 0 fully saturated rings. The Morgan fingerprint density at radius 3 is 2.34 bits per heavy atom. The van der Waals surface area contributed by atoms with E-state index in [4.69, 9.17) is 23.4 Å². The Morgan fingerprint density at radius 2 is 1.68 bits per heavy atom. The van der Waals surface area contributed by atoms with Gasteiger partial charge in [-0.15, -0.1) is 0 Å². The summed E-state index contributed by atoms with van der Waals surface area (Å²) in [6.45, 7) is 6.78. The van der Waals surface area contributed by atoms with Crippen LogP contribution in [0.4, 0.5) is 18.0 Å². The van der Waals surface area contributed by atoms with Crippen molar-refractivity contribution >= 4 is 23.0 Å². The zero-order valence-electron chi connectivity index (χ0n) is 20.9. The topological polar surface area (TPSA) is 113 Å². The van der Waals surface area contributed by atoms with Gasteiger partial charge in [-0.25, -0.2) is 9.59 Å². The monoisotopic (exact) mass is 535 g/mol. The Balaban J connectivity index is 1.67. The van der Waals surface area contributed by atoms with E-state index in [2.05, 4.69) is 5.32 Å². The molecule has 0 saturated heterocycles. The molecule has 0 bridgehead atoms. The molecule has 1 aliphatic heterocycles. The smallest absolute Gasteiger partial charge is 0.450 e. The van der Waals surface area contributed by atoms with Gasteiger partial charge in [-0.3, -0.25) is 4.79 Å². The fraction of sp³-hybridized carbons (Fsp3) is 0.346. The van der Waals surface area contributed by atoms with E-state index >= 15 is 0 Å². The Hall–Kier alpha value is -4.22. The molecular formula is C26H24F3NO8. The molecule has 0 radical (unpaired) electrons. The highest BCUT2D eigenvalue weighted by Crippen LogP contribution is 2.40. The largest absolute Gasteiger partial charge is 0.486 e. The number of ether oxygens (including phenoxy) is 4. The number of hydrogen-bond acceptors (Lipinski definition) is 8. The van der Waals surface area contributed by atoms with Gasteiger partial charge in [0.05, 0.1) is 10.9 Å². The molecule has 202 valence electrons. The number of fused-ring (bicyclic) bond motifs is 2. The molecular weight excluding hydrogens is 511 g/mol. The van der Waals surface area contributed by atoms with Crippen molar-refractivity contribution in [2.45, 2.75) is 45.5 Å². The van der Waals surface area contributed by atoms with E-state index in [1.165, 1.54) is 37.3 Å². The van der Waals surface area contributed by atoms with Crippen molar-refractivity contribution in [3.05, 3.63) is 52.4 Å². The van der Waals surface area contributed by atoms with E-state index < -0.39 is 52.2 Å². The van der Waals surface area contributed by atoms with Crippen LogP contribution in [0.2, 0.25) is 0 Å². The van der Waals surface area contributed by atoms with Crippen LogP contribution in [0.5, 0.6) is 17.2 Å². The van der Waals surface area contributed by atoms with E-state index in [0.717, 1.165) is 6.07 Å². The summed E-state index contributed by atoms with van der Waals surface area (Å²) >= 11 is 0. The van der Waals surface area contributed by atoms with E-state index in [9.17, 15) is 27.6 Å². The molecule has 1 aromatic heterocycles. The van der Waals surface area contributed by atoms with Crippen molar-refractivity contribution in [3.8, 4) is 28.4 Å². The van der Waals surface area contributed by atoms with Gasteiger partial charge in [0.15, 0.2) is 11.5 Å². The van der Waals surface area contributed by atoms with Crippen LogP contribution in [-0.4, -0.2) is 36.9 Å². The fourth-order valence-electron chi connectivity index (χ4n) is 3.65. The van der Waals surface area contributed by atoms with E-state index in [1.54, 1.807) is 20.8 Å². The van der Waals surface area contributed by atoms with Crippen LogP contribution in [0, 0.1) is 0 Å². The number of halogens is 3. The molecule has 0 aliphatic carbocycles. The second-order valence-electron chi connectivity index (χ2n) is 9.44. The summed E-state index contributed by atoms with van der Waals surface area (Å²) in [5.74, 6) is -2.07. The van der Waals surface area contributed by atoms with Crippen LogP contribution in [0.25, 0.3) is 22.1 Å². The predicted molar refractivity (Wildman–Crippen MR) is 128 cm³/mol. The molecule has 0 saturated carbocycles. The normalized spacial score (nSPS) is 14.1. The molecule has 1 amide bonds. The minimum Gasteiger partial charge on any atom is -0.486 e. The van der Waals surface area contributed by atoms with Crippen LogP contribution in [0.15, 0.2) is 45.6 Å². The van der Waals surface area contributed by atoms with Crippen molar-refractivity contribution in [1.29, 1.82) is 0 Å². The lowest BCUT2D eigenvalue weighted by molar-refractivity contribution is -0.152. The van der Waals surface area contributed by atoms with Gasteiger partial charge in [-0.05, 0) is 57.5 Å². The lowest BCUT2D eigenvalue weighted by Crippen LogP contribution is -2.43. The maximum absolute atomic E-state index is 14.0. The Bertz CT molecular complexity index is 1460. The molecule has 38 heavy (non-hydrogen) atoms. The number of rotatable bonds is 4. The number of benzene rings is 2. The number of carbonyl (C=O) groups excluding carboxylic acids is 2. The highest BCUT2D eigenvalue weighted by molar-refractivity contribution is 5.86. The minimum absolute atomic E-state index is 0.0604. The summed E-state index contributed by atoms with van der Waals surface area (Å²) < 4.78 is 68.3. The molecule has 1 atom stereocenters. The minimum atomic E-state index is -5.02. The molecule has 4 rings (SSSR count). The summed E-state index contributed by atoms with van der Waals surface area (Å²) in [5.41, 5.74) is -2.93. The van der Waals surface area contributed by atoms with Gasteiger partial charge in [-0.2, -0.15) is 13.2 Å². The van der Waals surface area contributed by atoms with Crippen LogP contribution in [-0.2, 0) is 15.7 Å². The Kier molecular flexibility index (Phi) is 7.00. The predicted octanol–water partition coefficient (Wildman–Crippen LogP) is 5.07. The van der Waals surface area contributed by atoms with Crippen molar-refractivity contribution in [1.82, 2.24) is 5.32 Å². The second kappa shape index (κ2) is 9.92. The number of nitrogens with one attached hydrogen (secondary N) is 1. The molecule has 3 aromatic rings. The van der Waals surface area contributed by atoms with Crippen molar-refractivity contribution in [3.63, 3.8) is 0 Å². The zero-order valence-corrected chi connectivity index (χ0v) is 20.9. The lowest BCUT2D eigenvalue weighted by Gasteiger charge is -2.21. The SMILES string of the molecule is C[C@@H](NC(=O)OC(C)(C)C)C(=O)Oc1ccc2c(=O)c(-c3ccc4c(c3)OCCO4)c(C(F)(F)F)oc2c1. The quantitative estimate of drug-likeness (QED) is 0.364. The number of alkyl carbamates (subject to hydrolysis) is 1. The molecule has 0 unspecified atom stereocenters. The van der Waals surface area contributed by atoms with Crippen LogP contribution in [0.3, 0.4) is 0 Å².